The molecule has 0 saturated carbocycles. The van der Waals surface area contributed by atoms with E-state index in [1.807, 2.05) is 10.8 Å². The van der Waals surface area contributed by atoms with E-state index in [1.54, 1.807) is 24.7 Å². The van der Waals surface area contributed by atoms with Gasteiger partial charge in [-0.05, 0) is 18.6 Å². The van der Waals surface area contributed by atoms with Gasteiger partial charge < -0.3 is 15.3 Å². The van der Waals surface area contributed by atoms with Crippen LogP contribution in [0.5, 0.6) is 0 Å². The lowest BCUT2D eigenvalue weighted by Crippen LogP contribution is -2.25. The number of nitrogens with two attached hydrogens (primary N) is 1. The van der Waals surface area contributed by atoms with Gasteiger partial charge in [0.25, 0.3) is 5.91 Å². The Hall–Kier alpha value is -2.41. The Bertz CT molecular complexity index is 508. The van der Waals surface area contributed by atoms with E-state index in [4.69, 9.17) is 5.84 Å². The second kappa shape index (κ2) is 6.50. The van der Waals surface area contributed by atoms with Crippen LogP contribution in [0.3, 0.4) is 0 Å². The summed E-state index contributed by atoms with van der Waals surface area (Å²) in [6.07, 6.45) is 7.71. The van der Waals surface area contributed by atoms with Gasteiger partial charge in [-0.1, -0.05) is 0 Å². The van der Waals surface area contributed by atoms with Crippen molar-refractivity contribution in [1.82, 2.24) is 19.9 Å². The maximum absolute atomic E-state index is 11.8. The fourth-order valence-corrected chi connectivity index (χ4v) is 1.60. The highest BCUT2D eigenvalue weighted by atomic mass is 16.1. The number of rotatable bonds is 6. The first kappa shape index (κ1) is 13.0. The Morgan fingerprint density at radius 2 is 2.32 bits per heavy atom. The number of amides is 1. The van der Waals surface area contributed by atoms with Gasteiger partial charge in [-0.2, -0.15) is 0 Å². The molecule has 2 aromatic heterocycles. The maximum Gasteiger partial charge on any atom is 0.252 e. The number of carbonyl (C=O) groups excluding carboxylic acids is 1. The standard InChI is InChI=1S/C12H16N6O/c13-17-11-3-2-10(8-16-11)12(19)15-4-1-6-18-7-5-14-9-18/h2-3,5,7-9H,1,4,6,13H2,(H,15,19)(H,16,17). The molecule has 0 spiro atoms. The van der Waals surface area contributed by atoms with Crippen LogP contribution in [-0.2, 0) is 6.54 Å². The van der Waals surface area contributed by atoms with E-state index >= 15 is 0 Å². The van der Waals surface area contributed by atoms with E-state index in [0.717, 1.165) is 13.0 Å². The molecule has 2 heterocycles. The number of hydrogen-bond donors (Lipinski definition) is 3. The molecule has 0 unspecified atom stereocenters. The van der Waals surface area contributed by atoms with Crippen LogP contribution in [-0.4, -0.2) is 27.0 Å². The van der Waals surface area contributed by atoms with Gasteiger partial charge in [0.2, 0.25) is 0 Å². The van der Waals surface area contributed by atoms with Crippen LogP contribution < -0.4 is 16.6 Å². The van der Waals surface area contributed by atoms with Crippen LogP contribution in [0.1, 0.15) is 16.8 Å². The number of nitrogens with zero attached hydrogens (tertiary/aromatic N) is 3. The van der Waals surface area contributed by atoms with Gasteiger partial charge in [0, 0.05) is 31.7 Å². The molecule has 7 heteroatoms. The number of aromatic nitrogens is 3. The number of pyridine rings is 1. The summed E-state index contributed by atoms with van der Waals surface area (Å²) < 4.78 is 1.97. The van der Waals surface area contributed by atoms with E-state index in [0.29, 0.717) is 17.9 Å². The normalized spacial score (nSPS) is 10.2. The van der Waals surface area contributed by atoms with Crippen molar-refractivity contribution in [3.05, 3.63) is 42.6 Å². The zero-order valence-corrected chi connectivity index (χ0v) is 10.4. The molecule has 7 nitrogen and oxygen atoms in total. The number of anilines is 1. The van der Waals surface area contributed by atoms with Crippen molar-refractivity contribution in [1.29, 1.82) is 0 Å². The number of imidazole rings is 1. The van der Waals surface area contributed by atoms with Gasteiger partial charge in [0.1, 0.15) is 5.82 Å². The number of hydrogen-bond acceptors (Lipinski definition) is 5. The van der Waals surface area contributed by atoms with Crippen LogP contribution in [0.4, 0.5) is 5.82 Å². The lowest BCUT2D eigenvalue weighted by Gasteiger charge is -2.06. The summed E-state index contributed by atoms with van der Waals surface area (Å²) in [5.41, 5.74) is 2.92. The van der Waals surface area contributed by atoms with Crippen molar-refractivity contribution in [2.24, 2.45) is 5.84 Å². The second-order valence-electron chi connectivity index (χ2n) is 3.99. The summed E-state index contributed by atoms with van der Waals surface area (Å²) >= 11 is 0. The second-order valence-corrected chi connectivity index (χ2v) is 3.99. The van der Waals surface area contributed by atoms with Crippen molar-refractivity contribution >= 4 is 11.7 Å². The van der Waals surface area contributed by atoms with E-state index < -0.39 is 0 Å². The molecular weight excluding hydrogens is 244 g/mol. The molecule has 0 aliphatic heterocycles. The number of hydrazine groups is 1. The molecule has 2 rings (SSSR count). The summed E-state index contributed by atoms with van der Waals surface area (Å²) in [5, 5.41) is 2.83. The zero-order chi connectivity index (χ0) is 13.5. The third kappa shape index (κ3) is 3.78. The molecule has 0 bridgehead atoms. The minimum atomic E-state index is -0.137. The first-order chi connectivity index (χ1) is 9.29. The number of aryl methyl sites for hydroxylation is 1. The molecule has 0 aromatic carbocycles. The topological polar surface area (TPSA) is 97.9 Å². The summed E-state index contributed by atoms with van der Waals surface area (Å²) in [7, 11) is 0. The van der Waals surface area contributed by atoms with Crippen LogP contribution in [0.2, 0.25) is 0 Å². The molecule has 100 valence electrons. The molecule has 0 atom stereocenters. The van der Waals surface area contributed by atoms with Crippen molar-refractivity contribution in [3.63, 3.8) is 0 Å². The van der Waals surface area contributed by atoms with Gasteiger partial charge in [-0.15, -0.1) is 0 Å². The molecule has 1 amide bonds. The molecule has 0 radical (unpaired) electrons. The fourth-order valence-electron chi connectivity index (χ4n) is 1.60. The third-order valence-electron chi connectivity index (χ3n) is 2.61. The summed E-state index contributed by atoms with van der Waals surface area (Å²) in [4.78, 5) is 19.7. The molecule has 0 fully saturated rings. The lowest BCUT2D eigenvalue weighted by molar-refractivity contribution is 0.0952. The van der Waals surface area contributed by atoms with Gasteiger partial charge in [0.05, 0.1) is 11.9 Å². The van der Waals surface area contributed by atoms with Gasteiger partial charge in [-0.25, -0.2) is 15.8 Å². The SMILES string of the molecule is NNc1ccc(C(=O)NCCCn2ccnc2)cn1. The lowest BCUT2D eigenvalue weighted by atomic mass is 10.2. The van der Waals surface area contributed by atoms with Gasteiger partial charge in [0.15, 0.2) is 0 Å². The average Bonchev–Trinajstić information content (AvgIpc) is 2.96. The highest BCUT2D eigenvalue weighted by Crippen LogP contribution is 2.03. The Morgan fingerprint density at radius 3 is 2.95 bits per heavy atom. The van der Waals surface area contributed by atoms with Crippen LogP contribution in [0.25, 0.3) is 0 Å². The Kier molecular flexibility index (Phi) is 4.46. The smallest absolute Gasteiger partial charge is 0.252 e. The number of carbonyl (C=O) groups is 1. The monoisotopic (exact) mass is 260 g/mol. The molecule has 0 aliphatic rings. The van der Waals surface area contributed by atoms with E-state index in [2.05, 4.69) is 20.7 Å². The Balaban J connectivity index is 1.74. The Morgan fingerprint density at radius 1 is 1.42 bits per heavy atom. The molecule has 2 aromatic rings. The van der Waals surface area contributed by atoms with Crippen LogP contribution in [0, 0.1) is 0 Å². The van der Waals surface area contributed by atoms with Crippen molar-refractivity contribution in [2.75, 3.05) is 12.0 Å². The molecule has 0 saturated heterocycles. The van der Waals surface area contributed by atoms with Gasteiger partial charge in [-0.3, -0.25) is 4.79 Å². The largest absolute Gasteiger partial charge is 0.352 e. The minimum Gasteiger partial charge on any atom is -0.352 e. The summed E-state index contributed by atoms with van der Waals surface area (Å²) in [6.45, 7) is 1.43. The zero-order valence-electron chi connectivity index (χ0n) is 10.4. The Labute approximate surface area is 110 Å². The first-order valence-electron chi connectivity index (χ1n) is 5.96. The van der Waals surface area contributed by atoms with Crippen molar-refractivity contribution in [2.45, 2.75) is 13.0 Å². The minimum absolute atomic E-state index is 0.137. The van der Waals surface area contributed by atoms with E-state index in [9.17, 15) is 4.79 Å². The fraction of sp³-hybridized carbons (Fsp3) is 0.250. The van der Waals surface area contributed by atoms with E-state index in [-0.39, 0.29) is 5.91 Å². The highest BCUT2D eigenvalue weighted by Gasteiger charge is 2.04. The first-order valence-corrected chi connectivity index (χ1v) is 5.96. The number of nitrogens with one attached hydrogen (secondary N) is 2. The predicted octanol–water partition coefficient (Wildman–Crippen LogP) is 0.384. The summed E-state index contributed by atoms with van der Waals surface area (Å²) in [6, 6.07) is 3.33. The molecule has 19 heavy (non-hydrogen) atoms. The highest BCUT2D eigenvalue weighted by molar-refractivity contribution is 5.93. The molecule has 4 N–H and O–H groups in total. The molecule has 0 aliphatic carbocycles. The van der Waals surface area contributed by atoms with Crippen molar-refractivity contribution in [3.8, 4) is 0 Å². The van der Waals surface area contributed by atoms with Crippen molar-refractivity contribution < 1.29 is 4.79 Å². The summed E-state index contributed by atoms with van der Waals surface area (Å²) in [5.74, 6) is 5.59. The van der Waals surface area contributed by atoms with Gasteiger partial charge >= 0.3 is 0 Å². The number of nitrogen functional groups attached to an aromatic ring is 1. The quantitative estimate of drug-likeness (QED) is 0.396. The predicted molar refractivity (Wildman–Crippen MR) is 71.2 cm³/mol. The maximum atomic E-state index is 11.8. The molecular formula is C12H16N6O. The third-order valence-corrected chi connectivity index (χ3v) is 2.61. The van der Waals surface area contributed by atoms with Crippen LogP contribution >= 0.6 is 0 Å². The van der Waals surface area contributed by atoms with Crippen LogP contribution in [0.15, 0.2) is 37.1 Å². The van der Waals surface area contributed by atoms with E-state index in [1.165, 1.54) is 6.20 Å². The average molecular weight is 260 g/mol.